The summed E-state index contributed by atoms with van der Waals surface area (Å²) in [5.74, 6) is -2.55. The van der Waals surface area contributed by atoms with Crippen molar-refractivity contribution in [3.8, 4) is 0 Å². The summed E-state index contributed by atoms with van der Waals surface area (Å²) >= 11 is 0. The molecule has 0 heterocycles. The lowest BCUT2D eigenvalue weighted by molar-refractivity contribution is -0.153. The SMILES string of the molecule is CC(C)CC(N)C(=O)N(CC(=O)O)C(=O)C(C)N. The summed E-state index contributed by atoms with van der Waals surface area (Å²) in [5, 5.41) is 8.70. The van der Waals surface area contributed by atoms with Gasteiger partial charge in [0.2, 0.25) is 11.8 Å². The number of carboxylic acids is 1. The second-order valence-electron chi connectivity index (χ2n) is 4.68. The van der Waals surface area contributed by atoms with Crippen LogP contribution in [0.3, 0.4) is 0 Å². The maximum atomic E-state index is 11.9. The minimum absolute atomic E-state index is 0.168. The minimum atomic E-state index is -1.28. The summed E-state index contributed by atoms with van der Waals surface area (Å²) in [7, 11) is 0. The van der Waals surface area contributed by atoms with Gasteiger partial charge in [0.1, 0.15) is 6.54 Å². The number of carboxylic acid groups (broad SMARTS) is 1. The Bertz CT molecular complexity index is 328. The van der Waals surface area contributed by atoms with Crippen LogP contribution in [-0.2, 0) is 14.4 Å². The van der Waals surface area contributed by atoms with Crippen LogP contribution >= 0.6 is 0 Å². The molecule has 104 valence electrons. The van der Waals surface area contributed by atoms with Gasteiger partial charge < -0.3 is 16.6 Å². The predicted molar refractivity (Wildman–Crippen MR) is 65.4 cm³/mol. The minimum Gasteiger partial charge on any atom is -0.480 e. The zero-order valence-corrected chi connectivity index (χ0v) is 10.9. The van der Waals surface area contributed by atoms with Crippen molar-refractivity contribution < 1.29 is 19.5 Å². The molecule has 0 spiro atoms. The molecule has 18 heavy (non-hydrogen) atoms. The van der Waals surface area contributed by atoms with E-state index in [4.69, 9.17) is 16.6 Å². The highest BCUT2D eigenvalue weighted by Crippen LogP contribution is 2.07. The molecule has 0 aliphatic carbocycles. The van der Waals surface area contributed by atoms with E-state index < -0.39 is 36.4 Å². The third kappa shape index (κ3) is 5.24. The number of amides is 2. The molecule has 7 nitrogen and oxygen atoms in total. The average Bonchev–Trinajstić information content (AvgIpc) is 2.22. The molecule has 2 unspecified atom stereocenters. The number of nitrogens with two attached hydrogens (primary N) is 2. The Labute approximate surface area is 106 Å². The van der Waals surface area contributed by atoms with Crippen LogP contribution in [0.2, 0.25) is 0 Å². The third-order valence-electron chi connectivity index (χ3n) is 2.26. The van der Waals surface area contributed by atoms with Gasteiger partial charge in [-0.2, -0.15) is 0 Å². The number of rotatable bonds is 6. The summed E-state index contributed by atoms with van der Waals surface area (Å²) in [6.45, 7) is 4.42. The second kappa shape index (κ2) is 7.07. The number of imide groups is 1. The van der Waals surface area contributed by atoms with Crippen LogP contribution in [0.4, 0.5) is 0 Å². The fourth-order valence-corrected chi connectivity index (χ4v) is 1.45. The highest BCUT2D eigenvalue weighted by atomic mass is 16.4. The molecule has 2 amide bonds. The first-order chi connectivity index (χ1) is 8.16. The Hall–Kier alpha value is -1.47. The molecule has 0 rings (SSSR count). The average molecular weight is 259 g/mol. The topological polar surface area (TPSA) is 127 Å². The fraction of sp³-hybridized carbons (Fsp3) is 0.727. The van der Waals surface area contributed by atoms with Gasteiger partial charge in [-0.05, 0) is 19.3 Å². The second-order valence-corrected chi connectivity index (χ2v) is 4.68. The quantitative estimate of drug-likeness (QED) is 0.570. The monoisotopic (exact) mass is 259 g/mol. The molecule has 0 saturated heterocycles. The van der Waals surface area contributed by atoms with Crippen molar-refractivity contribution >= 4 is 17.8 Å². The van der Waals surface area contributed by atoms with Crippen molar-refractivity contribution in [3.05, 3.63) is 0 Å². The lowest BCUT2D eigenvalue weighted by Crippen LogP contribution is -2.53. The Balaban J connectivity index is 4.90. The van der Waals surface area contributed by atoms with Gasteiger partial charge in [0.05, 0.1) is 12.1 Å². The van der Waals surface area contributed by atoms with Gasteiger partial charge in [0, 0.05) is 0 Å². The summed E-state index contributed by atoms with van der Waals surface area (Å²) in [4.78, 5) is 34.9. The molecular weight excluding hydrogens is 238 g/mol. The first-order valence-electron chi connectivity index (χ1n) is 5.75. The lowest BCUT2D eigenvalue weighted by Gasteiger charge is -2.24. The zero-order valence-electron chi connectivity index (χ0n) is 10.9. The van der Waals surface area contributed by atoms with E-state index in [0.29, 0.717) is 11.3 Å². The summed E-state index contributed by atoms with van der Waals surface area (Å²) in [6.07, 6.45) is 0.376. The van der Waals surface area contributed by atoms with Gasteiger partial charge in [-0.1, -0.05) is 13.8 Å². The summed E-state index contributed by atoms with van der Waals surface area (Å²) in [5.41, 5.74) is 11.0. The van der Waals surface area contributed by atoms with Gasteiger partial charge in [-0.15, -0.1) is 0 Å². The fourth-order valence-electron chi connectivity index (χ4n) is 1.45. The lowest BCUT2D eigenvalue weighted by atomic mass is 10.0. The third-order valence-corrected chi connectivity index (χ3v) is 2.26. The van der Waals surface area contributed by atoms with Crippen molar-refractivity contribution in [1.82, 2.24) is 4.90 Å². The molecule has 0 aliphatic heterocycles. The first-order valence-corrected chi connectivity index (χ1v) is 5.75. The molecule has 0 fully saturated rings. The highest BCUT2D eigenvalue weighted by Gasteiger charge is 2.30. The van der Waals surface area contributed by atoms with Crippen molar-refractivity contribution in [2.24, 2.45) is 17.4 Å². The van der Waals surface area contributed by atoms with Crippen molar-refractivity contribution in [3.63, 3.8) is 0 Å². The molecular formula is C11H21N3O4. The molecule has 7 heteroatoms. The van der Waals surface area contributed by atoms with Crippen molar-refractivity contribution in [1.29, 1.82) is 0 Å². The van der Waals surface area contributed by atoms with Crippen molar-refractivity contribution in [2.45, 2.75) is 39.3 Å². The maximum Gasteiger partial charge on any atom is 0.323 e. The van der Waals surface area contributed by atoms with Crippen LogP contribution in [-0.4, -0.2) is 46.4 Å². The molecule has 0 aliphatic rings. The van der Waals surface area contributed by atoms with E-state index in [2.05, 4.69) is 0 Å². The van der Waals surface area contributed by atoms with E-state index in [0.717, 1.165) is 0 Å². The Morgan fingerprint density at radius 1 is 1.11 bits per heavy atom. The summed E-state index contributed by atoms with van der Waals surface area (Å²) in [6, 6.07) is -1.84. The predicted octanol–water partition coefficient (Wildman–Crippen LogP) is -0.853. The molecule has 0 aromatic heterocycles. The summed E-state index contributed by atoms with van der Waals surface area (Å²) < 4.78 is 0. The van der Waals surface area contributed by atoms with E-state index in [-0.39, 0.29) is 5.92 Å². The Morgan fingerprint density at radius 2 is 1.61 bits per heavy atom. The number of hydrogen-bond donors (Lipinski definition) is 3. The molecule has 0 saturated carbocycles. The number of nitrogens with zero attached hydrogens (tertiary/aromatic N) is 1. The van der Waals surface area contributed by atoms with Crippen LogP contribution in [0.15, 0.2) is 0 Å². The number of carbonyl (C=O) groups is 3. The Morgan fingerprint density at radius 3 is 1.94 bits per heavy atom. The van der Waals surface area contributed by atoms with Crippen molar-refractivity contribution in [2.75, 3.05) is 6.54 Å². The van der Waals surface area contributed by atoms with Gasteiger partial charge >= 0.3 is 5.97 Å². The normalized spacial score (nSPS) is 14.1. The van der Waals surface area contributed by atoms with E-state index in [1.54, 1.807) is 0 Å². The molecule has 0 bridgehead atoms. The number of hydrogen-bond acceptors (Lipinski definition) is 5. The van der Waals surface area contributed by atoms with Crippen LogP contribution in [0.25, 0.3) is 0 Å². The number of aliphatic carboxylic acids is 1. The molecule has 2 atom stereocenters. The molecule has 0 aromatic rings. The van der Waals surface area contributed by atoms with Crippen LogP contribution in [0.5, 0.6) is 0 Å². The van der Waals surface area contributed by atoms with Crippen LogP contribution < -0.4 is 11.5 Å². The Kier molecular flexibility index (Phi) is 6.50. The van der Waals surface area contributed by atoms with E-state index >= 15 is 0 Å². The largest absolute Gasteiger partial charge is 0.480 e. The standard InChI is InChI=1S/C11H21N3O4/c1-6(2)4-8(13)11(18)14(5-9(15)16)10(17)7(3)12/h6-8H,4-5,12-13H2,1-3H3,(H,15,16). The molecule has 5 N–H and O–H groups in total. The zero-order chi connectivity index (χ0) is 14.5. The van der Waals surface area contributed by atoms with Gasteiger partial charge in [0.25, 0.3) is 0 Å². The molecule has 0 radical (unpaired) electrons. The van der Waals surface area contributed by atoms with Gasteiger partial charge in [-0.25, -0.2) is 0 Å². The smallest absolute Gasteiger partial charge is 0.323 e. The van der Waals surface area contributed by atoms with Gasteiger partial charge in [0.15, 0.2) is 0 Å². The van der Waals surface area contributed by atoms with E-state index in [9.17, 15) is 14.4 Å². The molecule has 0 aromatic carbocycles. The van der Waals surface area contributed by atoms with E-state index in [1.807, 2.05) is 13.8 Å². The number of carbonyl (C=O) groups excluding carboxylic acids is 2. The van der Waals surface area contributed by atoms with Gasteiger partial charge in [-0.3, -0.25) is 19.3 Å². The van der Waals surface area contributed by atoms with Crippen LogP contribution in [0, 0.1) is 5.92 Å². The van der Waals surface area contributed by atoms with E-state index in [1.165, 1.54) is 6.92 Å². The first kappa shape index (κ1) is 16.5. The van der Waals surface area contributed by atoms with Crippen LogP contribution in [0.1, 0.15) is 27.2 Å². The highest BCUT2D eigenvalue weighted by molar-refractivity contribution is 6.01. The maximum absolute atomic E-state index is 11.9.